The first-order chi connectivity index (χ1) is 9.20. The van der Waals surface area contributed by atoms with E-state index < -0.39 is 0 Å². The highest BCUT2D eigenvalue weighted by molar-refractivity contribution is 5.74. The minimum Gasteiger partial charge on any atom is -0.497 e. The summed E-state index contributed by atoms with van der Waals surface area (Å²) < 4.78 is 5.31. The Morgan fingerprint density at radius 2 is 2.21 bits per heavy atom. The van der Waals surface area contributed by atoms with E-state index in [4.69, 9.17) is 4.74 Å². The average Bonchev–Trinajstić information content (AvgIpc) is 2.45. The van der Waals surface area contributed by atoms with Crippen molar-refractivity contribution < 1.29 is 9.53 Å². The van der Waals surface area contributed by atoms with Gasteiger partial charge >= 0.3 is 0 Å². The minimum atomic E-state index is 0.228. The summed E-state index contributed by atoms with van der Waals surface area (Å²) >= 11 is 0. The SMILES string of the molecule is COc1ccc2c(c1)CCC1C2CCCN1C(C)=O. The van der Waals surface area contributed by atoms with E-state index >= 15 is 0 Å². The first kappa shape index (κ1) is 12.5. The van der Waals surface area contributed by atoms with Gasteiger partial charge in [-0.25, -0.2) is 0 Å². The van der Waals surface area contributed by atoms with Gasteiger partial charge in [-0.15, -0.1) is 0 Å². The number of nitrogens with zero attached hydrogens (tertiary/aromatic N) is 1. The molecule has 0 N–H and O–H groups in total. The zero-order valence-corrected chi connectivity index (χ0v) is 11.7. The lowest BCUT2D eigenvalue weighted by atomic mass is 9.74. The Morgan fingerprint density at radius 1 is 1.37 bits per heavy atom. The molecule has 102 valence electrons. The molecule has 3 nitrogen and oxygen atoms in total. The van der Waals surface area contributed by atoms with E-state index in [0.717, 1.165) is 31.6 Å². The molecule has 3 rings (SSSR count). The highest BCUT2D eigenvalue weighted by atomic mass is 16.5. The number of ether oxygens (including phenoxy) is 1. The Morgan fingerprint density at radius 3 is 2.95 bits per heavy atom. The Bertz CT molecular complexity index is 498. The van der Waals surface area contributed by atoms with E-state index in [9.17, 15) is 4.79 Å². The second kappa shape index (κ2) is 4.87. The monoisotopic (exact) mass is 259 g/mol. The highest BCUT2D eigenvalue weighted by Gasteiger charge is 2.37. The van der Waals surface area contributed by atoms with Crippen LogP contribution in [-0.2, 0) is 11.2 Å². The number of piperidine rings is 1. The van der Waals surface area contributed by atoms with Crippen LogP contribution in [0.5, 0.6) is 5.75 Å². The zero-order chi connectivity index (χ0) is 13.4. The first-order valence-corrected chi connectivity index (χ1v) is 7.14. The number of likely N-dealkylation sites (tertiary alicyclic amines) is 1. The summed E-state index contributed by atoms with van der Waals surface area (Å²) in [4.78, 5) is 13.9. The molecule has 1 aromatic rings. The maximum absolute atomic E-state index is 11.8. The molecule has 19 heavy (non-hydrogen) atoms. The lowest BCUT2D eigenvalue weighted by molar-refractivity contribution is -0.133. The third-order valence-electron chi connectivity index (χ3n) is 4.64. The molecular weight excluding hydrogens is 238 g/mol. The second-order valence-electron chi connectivity index (χ2n) is 5.63. The van der Waals surface area contributed by atoms with Crippen molar-refractivity contribution in [3.05, 3.63) is 29.3 Å². The van der Waals surface area contributed by atoms with Crippen LogP contribution in [0.3, 0.4) is 0 Å². The topological polar surface area (TPSA) is 29.5 Å². The minimum absolute atomic E-state index is 0.228. The maximum atomic E-state index is 11.8. The van der Waals surface area contributed by atoms with Crippen molar-refractivity contribution in [3.63, 3.8) is 0 Å². The summed E-state index contributed by atoms with van der Waals surface area (Å²) in [6, 6.07) is 6.83. The third kappa shape index (κ3) is 2.11. The standard InChI is InChI=1S/C16H21NO2/c1-11(18)17-9-3-4-15-14-7-6-13(19-2)10-12(14)5-8-16(15)17/h6-7,10,15-16H,3-5,8-9H2,1-2H3. The number of hydrogen-bond donors (Lipinski definition) is 0. The molecule has 0 bridgehead atoms. The van der Waals surface area contributed by atoms with Crippen molar-refractivity contribution in [1.29, 1.82) is 0 Å². The number of carbonyl (C=O) groups excluding carboxylic acids is 1. The lowest BCUT2D eigenvalue weighted by Crippen LogP contribution is -2.48. The number of methoxy groups -OCH3 is 1. The van der Waals surface area contributed by atoms with Crippen LogP contribution in [0.4, 0.5) is 0 Å². The molecule has 1 aliphatic heterocycles. The number of aryl methyl sites for hydroxylation is 1. The fraction of sp³-hybridized carbons (Fsp3) is 0.562. The van der Waals surface area contributed by atoms with Gasteiger partial charge in [0.15, 0.2) is 0 Å². The van der Waals surface area contributed by atoms with Crippen LogP contribution in [0.2, 0.25) is 0 Å². The van der Waals surface area contributed by atoms with Crippen molar-refractivity contribution in [3.8, 4) is 5.75 Å². The van der Waals surface area contributed by atoms with E-state index in [1.807, 2.05) is 6.07 Å². The lowest BCUT2D eigenvalue weighted by Gasteiger charge is -2.44. The van der Waals surface area contributed by atoms with Crippen molar-refractivity contribution in [2.45, 2.75) is 44.6 Å². The van der Waals surface area contributed by atoms with E-state index in [2.05, 4.69) is 17.0 Å². The quantitative estimate of drug-likeness (QED) is 0.776. The van der Waals surface area contributed by atoms with Crippen molar-refractivity contribution in [2.75, 3.05) is 13.7 Å². The molecule has 0 saturated carbocycles. The van der Waals surface area contributed by atoms with Gasteiger partial charge in [-0.1, -0.05) is 6.07 Å². The van der Waals surface area contributed by atoms with Gasteiger partial charge in [0, 0.05) is 25.4 Å². The van der Waals surface area contributed by atoms with Crippen LogP contribution in [0.25, 0.3) is 0 Å². The molecule has 3 heteroatoms. The summed E-state index contributed by atoms with van der Waals surface area (Å²) in [5.41, 5.74) is 2.84. The molecule has 2 unspecified atom stereocenters. The molecule has 2 aliphatic rings. The van der Waals surface area contributed by atoms with E-state index in [1.54, 1.807) is 14.0 Å². The molecule has 0 radical (unpaired) electrons. The zero-order valence-electron chi connectivity index (χ0n) is 11.7. The summed E-state index contributed by atoms with van der Waals surface area (Å²) in [5, 5.41) is 0. The normalized spacial score (nSPS) is 25.5. The molecule has 2 atom stereocenters. The molecule has 0 aromatic heterocycles. The summed E-state index contributed by atoms with van der Waals surface area (Å²) in [7, 11) is 1.71. The van der Waals surface area contributed by atoms with Crippen LogP contribution >= 0.6 is 0 Å². The molecule has 0 spiro atoms. The van der Waals surface area contributed by atoms with Gasteiger partial charge in [-0.2, -0.15) is 0 Å². The number of benzene rings is 1. The Balaban J connectivity index is 1.94. The van der Waals surface area contributed by atoms with Gasteiger partial charge in [0.2, 0.25) is 5.91 Å². The number of rotatable bonds is 1. The third-order valence-corrected chi connectivity index (χ3v) is 4.64. The molecule has 1 aliphatic carbocycles. The molecule has 1 fully saturated rings. The fourth-order valence-electron chi connectivity index (χ4n) is 3.76. The number of fused-ring (bicyclic) bond motifs is 3. The van der Waals surface area contributed by atoms with Crippen molar-refractivity contribution in [2.24, 2.45) is 0 Å². The van der Waals surface area contributed by atoms with Crippen molar-refractivity contribution >= 4 is 5.91 Å². The van der Waals surface area contributed by atoms with Gasteiger partial charge in [0.05, 0.1) is 7.11 Å². The first-order valence-electron chi connectivity index (χ1n) is 7.14. The fourth-order valence-corrected chi connectivity index (χ4v) is 3.76. The molecular formula is C16H21NO2. The summed E-state index contributed by atoms with van der Waals surface area (Å²) in [5.74, 6) is 1.69. The predicted octanol–water partition coefficient (Wildman–Crippen LogP) is 2.74. The number of carbonyl (C=O) groups is 1. The summed E-state index contributed by atoms with van der Waals surface area (Å²) in [6.45, 7) is 2.63. The average molecular weight is 259 g/mol. The van der Waals surface area contributed by atoms with E-state index in [0.29, 0.717) is 12.0 Å². The highest BCUT2D eigenvalue weighted by Crippen LogP contribution is 2.41. The van der Waals surface area contributed by atoms with E-state index in [1.165, 1.54) is 17.5 Å². The summed E-state index contributed by atoms with van der Waals surface area (Å²) in [6.07, 6.45) is 4.46. The largest absolute Gasteiger partial charge is 0.497 e. The number of hydrogen-bond acceptors (Lipinski definition) is 2. The van der Waals surface area contributed by atoms with Crippen LogP contribution < -0.4 is 4.74 Å². The van der Waals surface area contributed by atoms with Crippen LogP contribution in [-0.4, -0.2) is 30.5 Å². The van der Waals surface area contributed by atoms with E-state index in [-0.39, 0.29) is 5.91 Å². The van der Waals surface area contributed by atoms with Gasteiger partial charge in [0.1, 0.15) is 5.75 Å². The predicted molar refractivity (Wildman–Crippen MR) is 74.5 cm³/mol. The molecule has 1 heterocycles. The Labute approximate surface area is 114 Å². The molecule has 1 amide bonds. The Hall–Kier alpha value is -1.51. The van der Waals surface area contributed by atoms with Crippen LogP contribution in [0.15, 0.2) is 18.2 Å². The Kier molecular flexibility index (Phi) is 3.21. The molecule has 1 aromatic carbocycles. The number of amides is 1. The van der Waals surface area contributed by atoms with Gasteiger partial charge in [-0.3, -0.25) is 4.79 Å². The van der Waals surface area contributed by atoms with Gasteiger partial charge < -0.3 is 9.64 Å². The maximum Gasteiger partial charge on any atom is 0.219 e. The van der Waals surface area contributed by atoms with Crippen LogP contribution in [0.1, 0.15) is 43.2 Å². The van der Waals surface area contributed by atoms with Crippen LogP contribution in [0, 0.1) is 0 Å². The van der Waals surface area contributed by atoms with Gasteiger partial charge in [-0.05, 0) is 48.9 Å². The smallest absolute Gasteiger partial charge is 0.219 e. The second-order valence-corrected chi connectivity index (χ2v) is 5.63. The van der Waals surface area contributed by atoms with Crippen molar-refractivity contribution in [1.82, 2.24) is 4.90 Å². The van der Waals surface area contributed by atoms with Gasteiger partial charge in [0.25, 0.3) is 0 Å². The molecule has 1 saturated heterocycles.